The van der Waals surface area contributed by atoms with Gasteiger partial charge in [-0.1, -0.05) is 6.07 Å². The highest BCUT2D eigenvalue weighted by atomic mass is 32.2. The zero-order valence-corrected chi connectivity index (χ0v) is 13.5. The lowest BCUT2D eigenvalue weighted by Gasteiger charge is -2.25. The zero-order valence-electron chi connectivity index (χ0n) is 12.7. The van der Waals surface area contributed by atoms with Gasteiger partial charge in [-0.25, -0.2) is 8.42 Å². The van der Waals surface area contributed by atoms with E-state index in [9.17, 15) is 18.0 Å². The van der Waals surface area contributed by atoms with Crippen LogP contribution in [0.3, 0.4) is 0 Å². The molecular weight excluding hydrogens is 318 g/mol. The Morgan fingerprint density at radius 2 is 2.00 bits per heavy atom. The number of carbonyl (C=O) groups is 2. The van der Waals surface area contributed by atoms with E-state index in [4.69, 9.17) is 0 Å². The van der Waals surface area contributed by atoms with E-state index in [2.05, 4.69) is 10.6 Å². The lowest BCUT2D eigenvalue weighted by Crippen LogP contribution is -2.43. The molecule has 0 aliphatic carbocycles. The minimum Gasteiger partial charge on any atom is -0.352 e. The minimum atomic E-state index is -2.94. The second-order valence-corrected chi connectivity index (χ2v) is 8.16. The van der Waals surface area contributed by atoms with E-state index >= 15 is 0 Å². The van der Waals surface area contributed by atoms with Crippen molar-refractivity contribution in [3.63, 3.8) is 0 Å². The molecule has 1 saturated heterocycles. The molecule has 23 heavy (non-hydrogen) atoms. The topological polar surface area (TPSA) is 95.6 Å². The molecule has 0 atom stereocenters. The molecule has 2 heterocycles. The molecule has 1 aromatic carbocycles. The number of amides is 2. The Morgan fingerprint density at radius 3 is 2.74 bits per heavy atom. The van der Waals surface area contributed by atoms with Crippen LogP contribution >= 0.6 is 0 Å². The average molecular weight is 337 g/mol. The molecule has 3 rings (SSSR count). The van der Waals surface area contributed by atoms with Crippen LogP contribution in [0.25, 0.3) is 0 Å². The largest absolute Gasteiger partial charge is 0.352 e. The second-order valence-electron chi connectivity index (χ2n) is 5.85. The summed E-state index contributed by atoms with van der Waals surface area (Å²) < 4.78 is 22.8. The minimum absolute atomic E-state index is 0.0965. The van der Waals surface area contributed by atoms with Gasteiger partial charge in [-0.15, -0.1) is 0 Å². The first kappa shape index (κ1) is 15.9. The number of nitrogens with one attached hydrogen (secondary N) is 2. The van der Waals surface area contributed by atoms with E-state index in [0.717, 1.165) is 12.0 Å². The van der Waals surface area contributed by atoms with E-state index in [1.54, 1.807) is 12.1 Å². The SMILES string of the molecule is O=C(CN1CCS(=O)(=O)CC1)Nc1ccc2c(c1)C(=O)NCC2. The van der Waals surface area contributed by atoms with Crippen LogP contribution in [0.2, 0.25) is 0 Å². The van der Waals surface area contributed by atoms with Crippen molar-refractivity contribution in [1.29, 1.82) is 0 Å². The Kier molecular flexibility index (Phi) is 4.36. The maximum Gasteiger partial charge on any atom is 0.251 e. The number of hydrogen-bond donors (Lipinski definition) is 2. The normalized spacial score (nSPS) is 20.4. The van der Waals surface area contributed by atoms with Crippen molar-refractivity contribution in [3.8, 4) is 0 Å². The fourth-order valence-electron chi connectivity index (χ4n) is 2.80. The van der Waals surface area contributed by atoms with Gasteiger partial charge in [0.2, 0.25) is 5.91 Å². The van der Waals surface area contributed by atoms with Crippen LogP contribution in [0.15, 0.2) is 18.2 Å². The van der Waals surface area contributed by atoms with Crippen molar-refractivity contribution in [1.82, 2.24) is 10.2 Å². The van der Waals surface area contributed by atoms with Crippen molar-refractivity contribution in [2.45, 2.75) is 6.42 Å². The van der Waals surface area contributed by atoms with E-state index in [1.165, 1.54) is 0 Å². The molecule has 0 aromatic heterocycles. The van der Waals surface area contributed by atoms with Gasteiger partial charge in [-0.05, 0) is 24.1 Å². The van der Waals surface area contributed by atoms with Gasteiger partial charge in [0.1, 0.15) is 0 Å². The number of fused-ring (bicyclic) bond motifs is 1. The smallest absolute Gasteiger partial charge is 0.251 e. The molecule has 0 saturated carbocycles. The first-order valence-corrected chi connectivity index (χ1v) is 9.39. The Morgan fingerprint density at radius 1 is 1.26 bits per heavy atom. The van der Waals surface area contributed by atoms with E-state index in [0.29, 0.717) is 30.9 Å². The average Bonchev–Trinajstić information content (AvgIpc) is 2.50. The van der Waals surface area contributed by atoms with Crippen LogP contribution in [-0.4, -0.2) is 62.8 Å². The summed E-state index contributed by atoms with van der Waals surface area (Å²) in [6.45, 7) is 1.54. The van der Waals surface area contributed by atoms with Crippen molar-refractivity contribution < 1.29 is 18.0 Å². The summed E-state index contributed by atoms with van der Waals surface area (Å²) in [5, 5.41) is 5.55. The van der Waals surface area contributed by atoms with Gasteiger partial charge in [0.25, 0.3) is 5.91 Å². The van der Waals surface area contributed by atoms with Crippen LogP contribution in [0.5, 0.6) is 0 Å². The predicted molar refractivity (Wildman–Crippen MR) is 86.2 cm³/mol. The van der Waals surface area contributed by atoms with E-state index in [-0.39, 0.29) is 29.9 Å². The van der Waals surface area contributed by atoms with Gasteiger partial charge in [0.15, 0.2) is 9.84 Å². The van der Waals surface area contributed by atoms with Gasteiger partial charge in [0, 0.05) is 30.9 Å². The lowest BCUT2D eigenvalue weighted by atomic mass is 10.00. The molecule has 8 heteroatoms. The lowest BCUT2D eigenvalue weighted by molar-refractivity contribution is -0.117. The van der Waals surface area contributed by atoms with Gasteiger partial charge in [-0.3, -0.25) is 14.5 Å². The third-order valence-electron chi connectivity index (χ3n) is 4.12. The van der Waals surface area contributed by atoms with Crippen molar-refractivity contribution >= 4 is 27.3 Å². The third-order valence-corrected chi connectivity index (χ3v) is 5.73. The summed E-state index contributed by atoms with van der Waals surface area (Å²) in [5.41, 5.74) is 2.15. The summed E-state index contributed by atoms with van der Waals surface area (Å²) in [4.78, 5) is 25.7. The number of anilines is 1. The molecule has 2 N–H and O–H groups in total. The number of sulfone groups is 1. The second kappa shape index (κ2) is 6.29. The summed E-state index contributed by atoms with van der Waals surface area (Å²) in [6.07, 6.45) is 0.789. The fraction of sp³-hybridized carbons (Fsp3) is 0.467. The highest BCUT2D eigenvalue weighted by Crippen LogP contribution is 2.19. The molecule has 2 amide bonds. The van der Waals surface area contributed by atoms with Crippen molar-refractivity contribution in [2.75, 3.05) is 43.0 Å². The highest BCUT2D eigenvalue weighted by molar-refractivity contribution is 7.91. The van der Waals surface area contributed by atoms with Crippen LogP contribution in [-0.2, 0) is 21.1 Å². The number of nitrogens with zero attached hydrogens (tertiary/aromatic N) is 1. The maximum atomic E-state index is 12.1. The Balaban J connectivity index is 1.60. The fourth-order valence-corrected chi connectivity index (χ4v) is 4.08. The summed E-state index contributed by atoms with van der Waals surface area (Å²) in [7, 11) is -2.94. The molecule has 0 spiro atoms. The van der Waals surface area contributed by atoms with Crippen molar-refractivity contribution in [3.05, 3.63) is 29.3 Å². The summed E-state index contributed by atoms with van der Waals surface area (Å²) in [5.74, 6) is -0.137. The number of hydrogen-bond acceptors (Lipinski definition) is 5. The number of rotatable bonds is 3. The maximum absolute atomic E-state index is 12.1. The molecule has 0 bridgehead atoms. The highest BCUT2D eigenvalue weighted by Gasteiger charge is 2.23. The van der Waals surface area contributed by atoms with Crippen LogP contribution in [0.1, 0.15) is 15.9 Å². The van der Waals surface area contributed by atoms with Crippen molar-refractivity contribution in [2.24, 2.45) is 0 Å². The molecule has 124 valence electrons. The first-order chi connectivity index (χ1) is 10.9. The molecule has 1 aromatic rings. The standard InChI is InChI=1S/C15H19N3O4S/c19-14(10-18-5-7-23(21,22)8-6-18)17-12-2-1-11-3-4-16-15(20)13(11)9-12/h1-2,9H,3-8,10H2,(H,16,20)(H,17,19). The third kappa shape index (κ3) is 3.89. The van der Waals surface area contributed by atoms with Crippen LogP contribution < -0.4 is 10.6 Å². The zero-order chi connectivity index (χ0) is 16.4. The Labute approximate surface area is 135 Å². The van der Waals surface area contributed by atoms with Gasteiger partial charge in [-0.2, -0.15) is 0 Å². The molecule has 2 aliphatic heterocycles. The van der Waals surface area contributed by atoms with E-state index < -0.39 is 9.84 Å². The van der Waals surface area contributed by atoms with Gasteiger partial charge in [0.05, 0.1) is 18.1 Å². The van der Waals surface area contributed by atoms with Gasteiger partial charge >= 0.3 is 0 Å². The molecule has 0 radical (unpaired) electrons. The predicted octanol–water partition coefficient (Wildman–Crippen LogP) is -0.359. The van der Waals surface area contributed by atoms with Crippen LogP contribution in [0, 0.1) is 0 Å². The molecule has 0 unspecified atom stereocenters. The Hall–Kier alpha value is -1.93. The monoisotopic (exact) mass is 337 g/mol. The van der Waals surface area contributed by atoms with Crippen LogP contribution in [0.4, 0.5) is 5.69 Å². The summed E-state index contributed by atoms with van der Waals surface area (Å²) in [6, 6.07) is 5.33. The molecular formula is C15H19N3O4S. The van der Waals surface area contributed by atoms with Gasteiger partial charge < -0.3 is 10.6 Å². The molecule has 1 fully saturated rings. The number of carbonyl (C=O) groups excluding carboxylic acids is 2. The molecule has 7 nitrogen and oxygen atoms in total. The quantitative estimate of drug-likeness (QED) is 0.785. The van der Waals surface area contributed by atoms with E-state index in [1.807, 2.05) is 11.0 Å². The molecule has 2 aliphatic rings. The Bertz CT molecular complexity index is 731. The number of benzene rings is 1. The summed E-state index contributed by atoms with van der Waals surface area (Å²) >= 11 is 0. The first-order valence-electron chi connectivity index (χ1n) is 7.57.